The Labute approximate surface area is 156 Å². The molecule has 0 fully saturated rings. The van der Waals surface area contributed by atoms with Crippen LogP contribution in [0.25, 0.3) is 10.6 Å². The number of carbonyl (C=O) groups excluding carboxylic acids is 1. The lowest BCUT2D eigenvalue weighted by Gasteiger charge is -2.09. The number of nitrogens with one attached hydrogen (secondary N) is 2. The van der Waals surface area contributed by atoms with Gasteiger partial charge in [0.1, 0.15) is 16.5 Å². The molecule has 0 saturated carbocycles. The SMILES string of the molecule is CC(C)Oc1ccc(-c2nc(C(=O)Nc3cc(C(C)C)[nH]n3)cs2)cc1. The minimum atomic E-state index is -0.269. The predicted molar refractivity (Wildman–Crippen MR) is 104 cm³/mol. The third-order valence-electron chi connectivity index (χ3n) is 3.67. The Morgan fingerprint density at radius 2 is 1.92 bits per heavy atom. The first-order chi connectivity index (χ1) is 12.4. The second-order valence-electron chi connectivity index (χ2n) is 6.55. The fourth-order valence-electron chi connectivity index (χ4n) is 2.34. The summed E-state index contributed by atoms with van der Waals surface area (Å²) in [6.07, 6.45) is 0.134. The Bertz CT molecular complexity index is 881. The van der Waals surface area contributed by atoms with Crippen LogP contribution in [-0.4, -0.2) is 27.2 Å². The van der Waals surface area contributed by atoms with E-state index in [-0.39, 0.29) is 12.0 Å². The van der Waals surface area contributed by atoms with Crippen molar-refractivity contribution in [1.82, 2.24) is 15.2 Å². The third kappa shape index (κ3) is 4.29. The first-order valence-corrected chi connectivity index (χ1v) is 9.39. The van der Waals surface area contributed by atoms with Crippen LogP contribution in [0, 0.1) is 0 Å². The van der Waals surface area contributed by atoms with Gasteiger partial charge in [0.25, 0.3) is 5.91 Å². The van der Waals surface area contributed by atoms with E-state index in [1.54, 1.807) is 5.38 Å². The van der Waals surface area contributed by atoms with Gasteiger partial charge < -0.3 is 10.1 Å². The number of benzene rings is 1. The molecule has 2 N–H and O–H groups in total. The Kier molecular flexibility index (Phi) is 5.37. The van der Waals surface area contributed by atoms with Crippen LogP contribution >= 0.6 is 11.3 Å². The minimum Gasteiger partial charge on any atom is -0.491 e. The molecule has 3 aromatic rings. The number of nitrogens with zero attached hydrogens (tertiary/aromatic N) is 2. The van der Waals surface area contributed by atoms with Gasteiger partial charge in [-0.15, -0.1) is 11.3 Å². The third-order valence-corrected chi connectivity index (χ3v) is 4.56. The summed E-state index contributed by atoms with van der Waals surface area (Å²) < 4.78 is 5.64. The van der Waals surface area contributed by atoms with Gasteiger partial charge in [-0.25, -0.2) is 4.98 Å². The van der Waals surface area contributed by atoms with Crippen molar-refractivity contribution in [3.05, 3.63) is 47.1 Å². The van der Waals surface area contributed by atoms with E-state index in [2.05, 4.69) is 34.3 Å². The molecular formula is C19H22N4O2S. The molecule has 2 heterocycles. The van der Waals surface area contributed by atoms with Crippen LogP contribution in [0.2, 0.25) is 0 Å². The van der Waals surface area contributed by atoms with Crippen LogP contribution in [0.1, 0.15) is 49.8 Å². The van der Waals surface area contributed by atoms with Gasteiger partial charge in [0, 0.05) is 22.7 Å². The molecule has 3 rings (SSSR count). The summed E-state index contributed by atoms with van der Waals surface area (Å²) in [6, 6.07) is 9.55. The summed E-state index contributed by atoms with van der Waals surface area (Å²) in [5, 5.41) is 12.3. The highest BCUT2D eigenvalue weighted by Crippen LogP contribution is 2.26. The summed E-state index contributed by atoms with van der Waals surface area (Å²) in [7, 11) is 0. The number of thiazole rings is 1. The summed E-state index contributed by atoms with van der Waals surface area (Å²) in [5.74, 6) is 1.37. The lowest BCUT2D eigenvalue weighted by atomic mass is 10.1. The van der Waals surface area contributed by atoms with Gasteiger partial charge in [0.2, 0.25) is 0 Å². The van der Waals surface area contributed by atoms with Crippen molar-refractivity contribution in [3.8, 4) is 16.3 Å². The Balaban J connectivity index is 1.69. The molecule has 26 heavy (non-hydrogen) atoms. The van der Waals surface area contributed by atoms with E-state index in [9.17, 15) is 4.79 Å². The van der Waals surface area contributed by atoms with Crippen molar-refractivity contribution in [1.29, 1.82) is 0 Å². The van der Waals surface area contributed by atoms with Gasteiger partial charge in [-0.05, 0) is 44.0 Å². The maximum absolute atomic E-state index is 12.4. The van der Waals surface area contributed by atoms with Crippen molar-refractivity contribution in [2.75, 3.05) is 5.32 Å². The summed E-state index contributed by atoms with van der Waals surface area (Å²) in [5.41, 5.74) is 2.30. The zero-order chi connectivity index (χ0) is 18.7. The molecule has 0 aliphatic heterocycles. The number of rotatable bonds is 6. The van der Waals surface area contributed by atoms with E-state index in [1.807, 2.05) is 44.2 Å². The van der Waals surface area contributed by atoms with E-state index in [0.29, 0.717) is 17.4 Å². The smallest absolute Gasteiger partial charge is 0.276 e. The largest absolute Gasteiger partial charge is 0.491 e. The lowest BCUT2D eigenvalue weighted by Crippen LogP contribution is -2.12. The van der Waals surface area contributed by atoms with Gasteiger partial charge in [0.05, 0.1) is 6.10 Å². The molecule has 0 aliphatic carbocycles. The number of anilines is 1. The highest BCUT2D eigenvalue weighted by Gasteiger charge is 2.14. The molecule has 1 amide bonds. The van der Waals surface area contributed by atoms with Gasteiger partial charge >= 0.3 is 0 Å². The van der Waals surface area contributed by atoms with Crippen LogP contribution in [0.5, 0.6) is 5.75 Å². The molecule has 0 spiro atoms. The highest BCUT2D eigenvalue weighted by molar-refractivity contribution is 7.13. The maximum atomic E-state index is 12.4. The number of aromatic nitrogens is 3. The summed E-state index contributed by atoms with van der Waals surface area (Å²) in [6.45, 7) is 8.10. The normalized spacial score (nSPS) is 11.2. The Morgan fingerprint density at radius 3 is 2.54 bits per heavy atom. The Hall–Kier alpha value is -2.67. The highest BCUT2D eigenvalue weighted by atomic mass is 32.1. The van der Waals surface area contributed by atoms with Gasteiger partial charge in [-0.2, -0.15) is 5.10 Å². The lowest BCUT2D eigenvalue weighted by molar-refractivity contribution is 0.102. The molecule has 7 heteroatoms. The van der Waals surface area contributed by atoms with Crippen molar-refractivity contribution < 1.29 is 9.53 Å². The fraction of sp³-hybridized carbons (Fsp3) is 0.316. The van der Waals surface area contributed by atoms with Crippen LogP contribution in [-0.2, 0) is 0 Å². The van der Waals surface area contributed by atoms with Crippen molar-refractivity contribution in [3.63, 3.8) is 0 Å². The fourth-order valence-corrected chi connectivity index (χ4v) is 3.14. The number of aromatic amines is 1. The second-order valence-corrected chi connectivity index (χ2v) is 7.40. The number of ether oxygens (including phenoxy) is 1. The second kappa shape index (κ2) is 7.70. The van der Waals surface area contributed by atoms with E-state index in [4.69, 9.17) is 4.74 Å². The number of H-pyrrole nitrogens is 1. The van der Waals surface area contributed by atoms with E-state index < -0.39 is 0 Å². The topological polar surface area (TPSA) is 79.9 Å². The van der Waals surface area contributed by atoms with E-state index in [1.165, 1.54) is 11.3 Å². The monoisotopic (exact) mass is 370 g/mol. The summed E-state index contributed by atoms with van der Waals surface area (Å²) >= 11 is 1.43. The number of hydrogen-bond acceptors (Lipinski definition) is 5. The van der Waals surface area contributed by atoms with Crippen molar-refractivity contribution in [2.24, 2.45) is 0 Å². The molecule has 0 atom stereocenters. The average molecular weight is 370 g/mol. The zero-order valence-electron chi connectivity index (χ0n) is 15.2. The average Bonchev–Trinajstić information content (AvgIpc) is 3.24. The molecule has 136 valence electrons. The maximum Gasteiger partial charge on any atom is 0.276 e. The molecule has 0 aliphatic rings. The molecule has 1 aromatic carbocycles. The standard InChI is InChI=1S/C19H22N4O2S/c1-11(2)15-9-17(23-22-15)21-18(24)16-10-26-19(20-16)13-5-7-14(8-6-13)25-12(3)4/h5-12H,1-4H3,(H2,21,22,23,24). The van der Waals surface area contributed by atoms with E-state index in [0.717, 1.165) is 22.0 Å². The van der Waals surface area contributed by atoms with Crippen LogP contribution in [0.4, 0.5) is 5.82 Å². The molecular weight excluding hydrogens is 348 g/mol. The van der Waals surface area contributed by atoms with Gasteiger partial charge in [-0.3, -0.25) is 9.89 Å². The van der Waals surface area contributed by atoms with Gasteiger partial charge in [0.15, 0.2) is 5.82 Å². The van der Waals surface area contributed by atoms with Crippen molar-refractivity contribution >= 4 is 23.1 Å². The molecule has 0 unspecified atom stereocenters. The first kappa shape index (κ1) is 18.1. The number of amides is 1. The van der Waals surface area contributed by atoms with Crippen LogP contribution < -0.4 is 10.1 Å². The molecule has 6 nitrogen and oxygen atoms in total. The summed E-state index contributed by atoms with van der Waals surface area (Å²) in [4.78, 5) is 16.8. The molecule has 0 radical (unpaired) electrons. The van der Waals surface area contributed by atoms with Crippen LogP contribution in [0.15, 0.2) is 35.7 Å². The number of hydrogen-bond donors (Lipinski definition) is 2. The number of carbonyl (C=O) groups is 1. The minimum absolute atomic E-state index is 0.134. The zero-order valence-corrected chi connectivity index (χ0v) is 16.1. The molecule has 0 bridgehead atoms. The predicted octanol–water partition coefficient (Wildman–Crippen LogP) is 4.70. The molecule has 2 aromatic heterocycles. The Morgan fingerprint density at radius 1 is 1.19 bits per heavy atom. The van der Waals surface area contributed by atoms with Crippen LogP contribution in [0.3, 0.4) is 0 Å². The quantitative estimate of drug-likeness (QED) is 0.659. The van der Waals surface area contributed by atoms with Crippen molar-refractivity contribution in [2.45, 2.75) is 39.7 Å². The van der Waals surface area contributed by atoms with Gasteiger partial charge in [-0.1, -0.05) is 13.8 Å². The molecule has 0 saturated heterocycles. The first-order valence-electron chi connectivity index (χ1n) is 8.51. The van der Waals surface area contributed by atoms with E-state index >= 15 is 0 Å².